The molecule has 0 aliphatic carbocycles. The number of aryl methyl sites for hydroxylation is 1. The average molecular weight is 1630 g/mol. The number of halogens is 4. The molecule has 0 bridgehead atoms. The summed E-state index contributed by atoms with van der Waals surface area (Å²) in [6, 6.07) is 10.5. The van der Waals surface area contributed by atoms with Crippen molar-refractivity contribution in [2.75, 3.05) is 113 Å². The van der Waals surface area contributed by atoms with E-state index in [1.165, 1.54) is 18.2 Å². The second kappa shape index (κ2) is 47.2. The Morgan fingerprint density at radius 3 is 1.00 bits per heavy atom. The SMILES string of the molecule is CCCCNc1nc(N)nc2cc(Cl)cnc12.CCCC[C@@H](CO)Nc1nc(N)nc2cc(F)cnc12.CCCC[C@@H](CO)Nc1nc(N)nc2ccc(C)nc12.CCCC[C@H](CO)Nc1nc(N)nc2cc(F)cnc12.CCC[C@@H](CO)Nc1nc(N)nc2cc(F)cnc12.CCC[C@@H](CO)Nc1nc(N)nc2cc(OC)cnc12. The molecule has 0 aliphatic rings. The summed E-state index contributed by atoms with van der Waals surface area (Å²) in [5, 5.41) is 66.3. The van der Waals surface area contributed by atoms with E-state index in [1.54, 1.807) is 31.6 Å². The van der Waals surface area contributed by atoms with Gasteiger partial charge in [0.1, 0.15) is 61.8 Å². The Morgan fingerprint density at radius 2 is 0.655 bits per heavy atom. The van der Waals surface area contributed by atoms with Crippen LogP contribution in [0, 0.1) is 24.4 Å². The van der Waals surface area contributed by atoms with E-state index in [0.717, 1.165) is 127 Å². The van der Waals surface area contributed by atoms with E-state index in [1.807, 2.05) is 26.0 Å². The molecule has 12 heterocycles. The van der Waals surface area contributed by atoms with E-state index < -0.39 is 17.5 Å². The molecule has 12 aromatic heterocycles. The molecule has 0 aromatic carbocycles. The largest absolute Gasteiger partial charge is 0.495 e. The maximum atomic E-state index is 13.2. The summed E-state index contributed by atoms with van der Waals surface area (Å²) < 4.78 is 44.6. The van der Waals surface area contributed by atoms with Gasteiger partial charge < -0.3 is 96.6 Å². The number of pyridine rings is 6. The molecule has 0 unspecified atom stereocenters. The summed E-state index contributed by atoms with van der Waals surface area (Å²) in [6.07, 6.45) is 20.8. The van der Waals surface area contributed by atoms with E-state index in [-0.39, 0.29) is 98.9 Å². The predicted octanol–water partition coefficient (Wildman–Crippen LogP) is 10.3. The molecular formula is C76H106ClF3N30O6. The summed E-state index contributed by atoms with van der Waals surface area (Å²) in [5.41, 5.74) is 41.1. The number of hydrogen-bond acceptors (Lipinski definition) is 36. The van der Waals surface area contributed by atoms with Gasteiger partial charge in [-0.15, -0.1) is 0 Å². The summed E-state index contributed by atoms with van der Waals surface area (Å²) in [5.74, 6) is 2.90. The lowest BCUT2D eigenvalue weighted by molar-refractivity contribution is 0.266. The molecule has 0 saturated carbocycles. The first-order valence-corrected chi connectivity index (χ1v) is 38.6. The predicted molar refractivity (Wildman–Crippen MR) is 451 cm³/mol. The number of aliphatic hydroxyl groups excluding tert-OH is 5. The van der Waals surface area contributed by atoms with Gasteiger partial charge in [-0.1, -0.05) is 111 Å². The number of aliphatic hydroxyl groups is 5. The summed E-state index contributed by atoms with van der Waals surface area (Å²) in [4.78, 5) is 74.0. The third-order valence-electron chi connectivity index (χ3n) is 17.2. The van der Waals surface area contributed by atoms with Crippen molar-refractivity contribution in [3.63, 3.8) is 0 Å². The van der Waals surface area contributed by atoms with Gasteiger partial charge in [-0.3, -0.25) is 0 Å². The quantitative estimate of drug-likeness (QED) is 0.0170. The molecule has 36 nitrogen and oxygen atoms in total. The van der Waals surface area contributed by atoms with Crippen LogP contribution in [0.4, 0.5) is 83.8 Å². The number of rotatable bonds is 33. The van der Waals surface area contributed by atoms with Crippen LogP contribution in [0.2, 0.25) is 5.02 Å². The van der Waals surface area contributed by atoms with Crippen molar-refractivity contribution >= 4 is 148 Å². The molecule has 40 heteroatoms. The van der Waals surface area contributed by atoms with Crippen LogP contribution in [0.5, 0.6) is 5.75 Å². The number of nitrogens with zero attached hydrogens (tertiary/aromatic N) is 18. The Balaban J connectivity index is 0.000000193. The van der Waals surface area contributed by atoms with Gasteiger partial charge in [0.2, 0.25) is 35.7 Å². The first-order chi connectivity index (χ1) is 55.9. The summed E-state index contributed by atoms with van der Waals surface area (Å²) in [6.45, 7) is 15.3. The zero-order valence-corrected chi connectivity index (χ0v) is 67.1. The highest BCUT2D eigenvalue weighted by Gasteiger charge is 2.20. The minimum absolute atomic E-state index is 0.0212. The van der Waals surface area contributed by atoms with Gasteiger partial charge in [0.15, 0.2) is 34.9 Å². The summed E-state index contributed by atoms with van der Waals surface area (Å²) >= 11 is 5.87. The lowest BCUT2D eigenvalue weighted by Crippen LogP contribution is -2.24. The van der Waals surface area contributed by atoms with Gasteiger partial charge >= 0.3 is 0 Å². The van der Waals surface area contributed by atoms with Crippen molar-refractivity contribution in [2.45, 2.75) is 175 Å². The highest BCUT2D eigenvalue weighted by atomic mass is 35.5. The lowest BCUT2D eigenvalue weighted by atomic mass is 10.1. The number of hydrogen-bond donors (Lipinski definition) is 17. The van der Waals surface area contributed by atoms with E-state index in [0.29, 0.717) is 112 Å². The molecule has 0 spiro atoms. The number of nitrogen functional groups attached to an aromatic ring is 6. The van der Waals surface area contributed by atoms with Crippen LogP contribution in [-0.4, -0.2) is 192 Å². The first kappa shape index (κ1) is 91.4. The van der Waals surface area contributed by atoms with Gasteiger partial charge in [0.25, 0.3) is 0 Å². The van der Waals surface area contributed by atoms with Gasteiger partial charge in [-0.25, -0.2) is 73.0 Å². The fraction of sp³-hybridized carbons (Fsp3) is 0.447. The van der Waals surface area contributed by atoms with Crippen LogP contribution in [0.3, 0.4) is 0 Å². The maximum absolute atomic E-state index is 13.2. The molecular weight excluding hydrogens is 1520 g/mol. The Bertz CT molecular complexity index is 4960. The lowest BCUT2D eigenvalue weighted by Gasteiger charge is -2.17. The zero-order chi connectivity index (χ0) is 84.2. The monoisotopic (exact) mass is 1630 g/mol. The Hall–Kier alpha value is -11.8. The number of unbranched alkanes of at least 4 members (excludes halogenated alkanes) is 4. The molecule has 0 saturated heterocycles. The van der Waals surface area contributed by atoms with Crippen molar-refractivity contribution in [2.24, 2.45) is 0 Å². The fourth-order valence-electron chi connectivity index (χ4n) is 11.4. The maximum Gasteiger partial charge on any atom is 0.222 e. The number of ether oxygens (including phenoxy) is 1. The van der Waals surface area contributed by atoms with Crippen molar-refractivity contribution in [3.8, 4) is 5.75 Å². The number of methoxy groups -OCH3 is 1. The van der Waals surface area contributed by atoms with Crippen LogP contribution in [0.15, 0.2) is 73.4 Å². The average Bonchev–Trinajstić information content (AvgIpc) is 0.851. The van der Waals surface area contributed by atoms with Crippen molar-refractivity contribution in [3.05, 3.63) is 102 Å². The number of anilines is 12. The smallest absolute Gasteiger partial charge is 0.222 e. The minimum Gasteiger partial charge on any atom is -0.495 e. The van der Waals surface area contributed by atoms with Crippen LogP contribution >= 0.6 is 11.6 Å². The highest BCUT2D eigenvalue weighted by molar-refractivity contribution is 6.31. The van der Waals surface area contributed by atoms with Gasteiger partial charge in [-0.05, 0) is 63.6 Å². The molecule has 0 fully saturated rings. The number of aromatic nitrogens is 18. The van der Waals surface area contributed by atoms with Gasteiger partial charge in [-0.2, -0.15) is 29.9 Å². The topological polar surface area (TPSA) is 571 Å². The Morgan fingerprint density at radius 1 is 0.353 bits per heavy atom. The third kappa shape index (κ3) is 28.1. The van der Waals surface area contributed by atoms with E-state index in [4.69, 9.17) is 50.7 Å². The molecule has 0 aliphatic heterocycles. The Kier molecular flexibility index (Phi) is 37.2. The van der Waals surface area contributed by atoms with E-state index in [9.17, 15) is 38.7 Å². The Labute approximate surface area is 673 Å². The molecule has 0 amide bonds. The van der Waals surface area contributed by atoms with Crippen LogP contribution in [-0.2, 0) is 0 Å². The minimum atomic E-state index is -0.483. The molecule has 624 valence electrons. The van der Waals surface area contributed by atoms with Crippen molar-refractivity contribution < 1.29 is 43.4 Å². The van der Waals surface area contributed by atoms with E-state index in [2.05, 4.69) is 156 Å². The van der Waals surface area contributed by atoms with Crippen LogP contribution in [0.25, 0.3) is 66.2 Å². The van der Waals surface area contributed by atoms with Crippen LogP contribution < -0.4 is 71.0 Å². The second-order valence-electron chi connectivity index (χ2n) is 26.6. The molecule has 0 radical (unpaired) electrons. The van der Waals surface area contributed by atoms with Crippen molar-refractivity contribution in [1.82, 2.24) is 89.7 Å². The van der Waals surface area contributed by atoms with Gasteiger partial charge in [0.05, 0.1) is 128 Å². The first-order valence-electron chi connectivity index (χ1n) is 38.3. The zero-order valence-electron chi connectivity index (χ0n) is 66.3. The molecule has 116 heavy (non-hydrogen) atoms. The highest BCUT2D eigenvalue weighted by Crippen LogP contribution is 2.29. The van der Waals surface area contributed by atoms with Gasteiger partial charge in [0, 0.05) is 42.7 Å². The van der Waals surface area contributed by atoms with Crippen molar-refractivity contribution in [1.29, 1.82) is 0 Å². The fourth-order valence-corrected chi connectivity index (χ4v) is 11.5. The number of nitrogens with two attached hydrogens (primary N) is 6. The molecule has 5 atom stereocenters. The molecule has 12 aromatic rings. The van der Waals surface area contributed by atoms with Crippen LogP contribution in [0.1, 0.15) is 144 Å². The summed E-state index contributed by atoms with van der Waals surface area (Å²) in [7, 11) is 1.57. The van der Waals surface area contributed by atoms with E-state index >= 15 is 0 Å². The standard InChI is InChI=1S/C14H21N5O.2C13H18FN5O.C13H19N5O2.C12H16FN5O.C11H14ClN5/c1-3-4-5-10(8-20)17-13-12-11(18-14(15)19-13)7-6-9(2)16-12;2*1-2-3-4-9(7-20)17-12-11-10(18-13(15)19-12)5-8(14)6-16-11;1-3-4-8(7-19)16-12-11-10(17-13(14)18-12)5-9(20-2)6-15-11;1-2-3-8(6-19)16-11-10-9(17-12(14)18-11)4-7(13)5-15-10;1-2-3-4-14-10-9-8(16-11(13)17-10)5-7(12)6-15-9/h6-7,10,20H,3-5,8H2,1-2H3,(H3,15,17,18,19);2*5-6,9,20H,2-4,7H2,1H3,(H3,15,17,18,19);5-6,8,19H,3-4,7H2,1-2H3,(H3,14,16,17,18);4-5,8,19H,2-3,6H2,1H3,(H3,14,16,17,18);5-6H,2-4H2,1H3,(H3,13,14,16,17)/t10-;2*9-;2*8-;/m01000./s1. The molecule has 12 rings (SSSR count). The second-order valence-corrected chi connectivity index (χ2v) is 27.1. The third-order valence-corrected chi connectivity index (χ3v) is 17.4. The normalized spacial score (nSPS) is 12.2. The number of fused-ring (bicyclic) bond motifs is 6. The number of nitrogens with one attached hydrogen (secondary N) is 6. The molecule has 23 N–H and O–H groups in total.